The number of aromatic nitrogens is 3. The summed E-state index contributed by atoms with van der Waals surface area (Å²) in [5.74, 6) is -0.0845. The summed E-state index contributed by atoms with van der Waals surface area (Å²) in [4.78, 5) is 19.6. The number of carbonyl (C=O) groups excluding carboxylic acids is 1. The molecule has 0 N–H and O–H groups in total. The lowest BCUT2D eigenvalue weighted by Crippen LogP contribution is -2.27. The third-order valence-electron chi connectivity index (χ3n) is 5.34. The number of pyridine rings is 1. The van der Waals surface area contributed by atoms with E-state index in [1.165, 1.54) is 17.3 Å². The molecule has 1 amide bonds. The van der Waals surface area contributed by atoms with Crippen molar-refractivity contribution in [2.75, 3.05) is 0 Å². The molecule has 2 aromatic heterocycles. The molecule has 1 aliphatic rings. The van der Waals surface area contributed by atoms with Crippen LogP contribution in [0.1, 0.15) is 16.7 Å². The maximum absolute atomic E-state index is 13.2. The maximum Gasteiger partial charge on any atom is 0.266 e. The first-order valence-corrected chi connectivity index (χ1v) is 11.7. The zero-order valence-corrected chi connectivity index (χ0v) is 19.5. The highest BCUT2D eigenvalue weighted by atomic mass is 32.2. The highest BCUT2D eigenvalue weighted by Crippen LogP contribution is 2.35. The topological polar surface area (TPSA) is 51.0 Å². The lowest BCUT2D eigenvalue weighted by molar-refractivity contribution is -0.122. The van der Waals surface area contributed by atoms with Gasteiger partial charge in [-0.15, -0.1) is 0 Å². The minimum absolute atomic E-state index is 0.0845. The molecule has 3 heterocycles. The third-order valence-corrected chi connectivity index (χ3v) is 6.72. The SMILES string of the molecule is Cc1ccc(CN2C(=O)C(=Cc3cn(-c4ccccc4)nc3-c3ccncc3)SC2=S)cc1. The normalized spacial score (nSPS) is 14.9. The number of benzene rings is 2. The first-order chi connectivity index (χ1) is 16.1. The Morgan fingerprint density at radius 2 is 1.73 bits per heavy atom. The number of hydrogen-bond acceptors (Lipinski definition) is 5. The van der Waals surface area contributed by atoms with Crippen molar-refractivity contribution in [2.24, 2.45) is 0 Å². The molecule has 33 heavy (non-hydrogen) atoms. The maximum atomic E-state index is 13.2. The zero-order valence-electron chi connectivity index (χ0n) is 17.9. The van der Waals surface area contributed by atoms with Crippen LogP contribution in [0.5, 0.6) is 0 Å². The summed E-state index contributed by atoms with van der Waals surface area (Å²) in [6.07, 6.45) is 7.30. The Labute approximate surface area is 201 Å². The molecule has 5 rings (SSSR count). The number of nitrogens with zero attached hydrogens (tertiary/aromatic N) is 4. The molecule has 0 aliphatic carbocycles. The van der Waals surface area contributed by atoms with E-state index in [0.29, 0.717) is 15.8 Å². The molecule has 4 aromatic rings. The number of carbonyl (C=O) groups is 1. The van der Waals surface area contributed by atoms with E-state index < -0.39 is 0 Å². The molecule has 0 spiro atoms. The molecule has 1 aliphatic heterocycles. The molecule has 0 atom stereocenters. The van der Waals surface area contributed by atoms with Crippen molar-refractivity contribution in [2.45, 2.75) is 13.5 Å². The van der Waals surface area contributed by atoms with E-state index in [0.717, 1.165) is 28.1 Å². The minimum Gasteiger partial charge on any atom is -0.288 e. The molecule has 0 saturated carbocycles. The predicted molar refractivity (Wildman–Crippen MR) is 137 cm³/mol. The number of rotatable bonds is 5. The van der Waals surface area contributed by atoms with Gasteiger partial charge in [-0.05, 0) is 42.8 Å². The minimum atomic E-state index is -0.0845. The first kappa shape index (κ1) is 21.3. The number of thioether (sulfide) groups is 1. The van der Waals surface area contributed by atoms with Crippen molar-refractivity contribution < 1.29 is 4.79 Å². The molecular weight excluding hydrogens is 448 g/mol. The van der Waals surface area contributed by atoms with Gasteiger partial charge in [-0.3, -0.25) is 14.7 Å². The summed E-state index contributed by atoms with van der Waals surface area (Å²) < 4.78 is 2.39. The quantitative estimate of drug-likeness (QED) is 0.280. The van der Waals surface area contributed by atoms with Crippen LogP contribution in [0.15, 0.2) is 90.2 Å². The predicted octanol–water partition coefficient (Wildman–Crippen LogP) is 5.64. The van der Waals surface area contributed by atoms with E-state index in [9.17, 15) is 4.79 Å². The largest absolute Gasteiger partial charge is 0.288 e. The fourth-order valence-corrected chi connectivity index (χ4v) is 4.84. The van der Waals surface area contributed by atoms with E-state index in [1.807, 2.05) is 90.6 Å². The van der Waals surface area contributed by atoms with E-state index in [2.05, 4.69) is 4.98 Å². The van der Waals surface area contributed by atoms with Crippen LogP contribution in [0.2, 0.25) is 0 Å². The molecule has 5 nitrogen and oxygen atoms in total. The van der Waals surface area contributed by atoms with Crippen molar-refractivity contribution in [3.8, 4) is 16.9 Å². The van der Waals surface area contributed by atoms with Crippen molar-refractivity contribution in [1.29, 1.82) is 0 Å². The zero-order chi connectivity index (χ0) is 22.8. The van der Waals surface area contributed by atoms with Gasteiger partial charge in [0.05, 0.1) is 17.1 Å². The molecule has 0 radical (unpaired) electrons. The average molecular weight is 469 g/mol. The lowest BCUT2D eigenvalue weighted by Gasteiger charge is -2.14. The second kappa shape index (κ2) is 9.13. The molecule has 7 heteroatoms. The van der Waals surface area contributed by atoms with Crippen LogP contribution in [0.3, 0.4) is 0 Å². The fourth-order valence-electron chi connectivity index (χ4n) is 3.59. The van der Waals surface area contributed by atoms with Crippen molar-refractivity contribution >= 4 is 40.3 Å². The van der Waals surface area contributed by atoms with Crippen LogP contribution in [0.25, 0.3) is 23.0 Å². The third kappa shape index (κ3) is 4.51. The van der Waals surface area contributed by atoms with Gasteiger partial charge in [-0.2, -0.15) is 5.10 Å². The van der Waals surface area contributed by atoms with Crippen molar-refractivity contribution in [3.05, 3.63) is 107 Å². The van der Waals surface area contributed by atoms with Crippen LogP contribution in [-0.4, -0.2) is 29.9 Å². The van der Waals surface area contributed by atoms with Crippen molar-refractivity contribution in [3.63, 3.8) is 0 Å². The Morgan fingerprint density at radius 1 is 1.00 bits per heavy atom. The highest BCUT2D eigenvalue weighted by molar-refractivity contribution is 8.26. The first-order valence-electron chi connectivity index (χ1n) is 10.4. The van der Waals surface area contributed by atoms with Crippen LogP contribution in [0, 0.1) is 6.92 Å². The van der Waals surface area contributed by atoms with Gasteiger partial charge in [0.25, 0.3) is 5.91 Å². The van der Waals surface area contributed by atoms with Crippen LogP contribution in [0.4, 0.5) is 0 Å². The summed E-state index contributed by atoms with van der Waals surface area (Å²) in [6.45, 7) is 2.50. The van der Waals surface area contributed by atoms with Gasteiger partial charge in [0.15, 0.2) is 0 Å². The summed E-state index contributed by atoms with van der Waals surface area (Å²) >= 11 is 6.87. The standard InChI is InChI=1S/C26H20N4OS2/c1-18-7-9-19(10-8-18)16-29-25(31)23(33-26(29)32)15-21-17-30(22-5-3-2-4-6-22)28-24(21)20-11-13-27-14-12-20/h2-15,17H,16H2,1H3. The molecule has 1 fully saturated rings. The van der Waals surface area contributed by atoms with Gasteiger partial charge < -0.3 is 0 Å². The van der Waals surface area contributed by atoms with Crippen molar-refractivity contribution in [1.82, 2.24) is 19.7 Å². The van der Waals surface area contributed by atoms with Crippen LogP contribution in [-0.2, 0) is 11.3 Å². The Kier molecular flexibility index (Phi) is 5.90. The van der Waals surface area contributed by atoms with E-state index in [4.69, 9.17) is 17.3 Å². The summed E-state index contributed by atoms with van der Waals surface area (Å²) in [5.41, 5.74) is 5.74. The summed E-state index contributed by atoms with van der Waals surface area (Å²) in [5, 5.41) is 4.81. The molecule has 0 unspecified atom stereocenters. The lowest BCUT2D eigenvalue weighted by atomic mass is 10.1. The van der Waals surface area contributed by atoms with E-state index in [1.54, 1.807) is 17.3 Å². The van der Waals surface area contributed by atoms with E-state index >= 15 is 0 Å². The second-order valence-electron chi connectivity index (χ2n) is 7.70. The molecule has 0 bridgehead atoms. The Bertz CT molecular complexity index is 1350. The monoisotopic (exact) mass is 468 g/mol. The highest BCUT2D eigenvalue weighted by Gasteiger charge is 2.32. The summed E-state index contributed by atoms with van der Waals surface area (Å²) in [7, 11) is 0. The number of aryl methyl sites for hydroxylation is 1. The number of amides is 1. The number of para-hydroxylation sites is 1. The Hall–Kier alpha value is -3.55. The fraction of sp³-hybridized carbons (Fsp3) is 0.0769. The average Bonchev–Trinajstić information content (AvgIpc) is 3.38. The van der Waals surface area contributed by atoms with Gasteiger partial charge in [-0.25, -0.2) is 4.68 Å². The van der Waals surface area contributed by atoms with Crippen LogP contribution >= 0.6 is 24.0 Å². The van der Waals surface area contributed by atoms with Gasteiger partial charge in [0.1, 0.15) is 10.0 Å². The number of thiocarbonyl (C=S) groups is 1. The van der Waals surface area contributed by atoms with Gasteiger partial charge in [0, 0.05) is 29.7 Å². The van der Waals surface area contributed by atoms with Gasteiger partial charge in [-0.1, -0.05) is 72.0 Å². The Morgan fingerprint density at radius 3 is 2.45 bits per heavy atom. The number of hydrogen-bond donors (Lipinski definition) is 0. The van der Waals surface area contributed by atoms with Gasteiger partial charge >= 0.3 is 0 Å². The Balaban J connectivity index is 1.50. The second-order valence-corrected chi connectivity index (χ2v) is 9.38. The smallest absolute Gasteiger partial charge is 0.266 e. The van der Waals surface area contributed by atoms with Crippen LogP contribution < -0.4 is 0 Å². The molecular formula is C26H20N4OS2. The molecule has 162 valence electrons. The molecule has 2 aromatic carbocycles. The van der Waals surface area contributed by atoms with Gasteiger partial charge in [0.2, 0.25) is 0 Å². The summed E-state index contributed by atoms with van der Waals surface area (Å²) in [6, 6.07) is 21.9. The van der Waals surface area contributed by atoms with E-state index in [-0.39, 0.29) is 5.91 Å². The molecule has 1 saturated heterocycles.